The van der Waals surface area contributed by atoms with E-state index in [1.165, 1.54) is 0 Å². The molecule has 27 heavy (non-hydrogen) atoms. The Hall–Kier alpha value is -1.29. The van der Waals surface area contributed by atoms with Crippen LogP contribution in [-0.4, -0.2) is 56.3 Å². The molecule has 0 atom stereocenters. The van der Waals surface area contributed by atoms with Crippen molar-refractivity contribution in [3.05, 3.63) is 29.8 Å². The Morgan fingerprint density at radius 2 is 1.70 bits per heavy atom. The van der Waals surface area contributed by atoms with E-state index in [-0.39, 0.29) is 51.0 Å². The molecule has 1 aromatic carbocycles. The van der Waals surface area contributed by atoms with E-state index in [2.05, 4.69) is 0 Å². The smallest absolute Gasteiger partial charge is 0.246 e. The van der Waals surface area contributed by atoms with E-state index >= 15 is 0 Å². The molecule has 0 unspecified atom stereocenters. The van der Waals surface area contributed by atoms with Crippen molar-refractivity contribution in [2.75, 3.05) is 32.7 Å². The first kappa shape index (κ1) is 23.7. The number of nitrogens with two attached hydrogens (primary N) is 1. The van der Waals surface area contributed by atoms with Crippen LogP contribution in [-0.2, 0) is 14.8 Å². The van der Waals surface area contributed by atoms with Gasteiger partial charge in [-0.2, -0.15) is 4.31 Å². The van der Waals surface area contributed by atoms with Gasteiger partial charge < -0.3 is 10.6 Å². The van der Waals surface area contributed by atoms with Gasteiger partial charge in [-0.05, 0) is 25.0 Å². The lowest BCUT2D eigenvalue weighted by Crippen LogP contribution is -2.55. The number of halogens is 3. The topological polar surface area (TPSA) is 83.7 Å². The first-order chi connectivity index (χ1) is 12.2. The highest BCUT2D eigenvalue weighted by atomic mass is 35.5. The Kier molecular flexibility index (Phi) is 8.15. The molecule has 2 rings (SSSR count). The van der Waals surface area contributed by atoms with Crippen molar-refractivity contribution in [2.45, 2.75) is 31.6 Å². The van der Waals surface area contributed by atoms with E-state index in [0.717, 1.165) is 16.4 Å². The molecule has 0 aliphatic carbocycles. The van der Waals surface area contributed by atoms with Crippen molar-refractivity contribution < 1.29 is 22.0 Å². The summed E-state index contributed by atoms with van der Waals surface area (Å²) in [5, 5.41) is 0. The third kappa shape index (κ3) is 4.59. The molecule has 154 valence electrons. The minimum Gasteiger partial charge on any atom is -0.340 e. The van der Waals surface area contributed by atoms with Gasteiger partial charge in [0.15, 0.2) is 0 Å². The fraction of sp³-hybridized carbons (Fsp3) is 0.588. The van der Waals surface area contributed by atoms with Gasteiger partial charge in [-0.15, -0.1) is 12.4 Å². The summed E-state index contributed by atoms with van der Waals surface area (Å²) in [5.41, 5.74) is 5.18. The van der Waals surface area contributed by atoms with Crippen LogP contribution < -0.4 is 5.73 Å². The van der Waals surface area contributed by atoms with Gasteiger partial charge in [-0.3, -0.25) is 4.79 Å². The van der Waals surface area contributed by atoms with E-state index in [4.69, 9.17) is 5.73 Å². The molecule has 1 aliphatic rings. The second-order valence-corrected chi connectivity index (χ2v) is 8.37. The molecule has 0 aromatic heterocycles. The van der Waals surface area contributed by atoms with Crippen LogP contribution in [0.3, 0.4) is 0 Å². The van der Waals surface area contributed by atoms with Crippen molar-refractivity contribution >= 4 is 28.3 Å². The SMILES string of the molecule is CCC(CC)(CN)C(=O)N1CCN(S(=O)(=O)c2ccc(F)cc2F)CC1.Cl. The fourth-order valence-electron chi connectivity index (χ4n) is 3.22. The molecule has 1 aliphatic heterocycles. The highest BCUT2D eigenvalue weighted by Crippen LogP contribution is 2.29. The number of benzene rings is 1. The molecule has 1 heterocycles. The van der Waals surface area contributed by atoms with Crippen LogP contribution in [0.1, 0.15) is 26.7 Å². The maximum absolute atomic E-state index is 13.9. The highest BCUT2D eigenvalue weighted by molar-refractivity contribution is 7.89. The van der Waals surface area contributed by atoms with Gasteiger partial charge in [-0.1, -0.05) is 13.8 Å². The van der Waals surface area contributed by atoms with E-state index in [0.29, 0.717) is 18.9 Å². The number of amides is 1. The molecular formula is C17H26ClF2N3O3S. The summed E-state index contributed by atoms with van der Waals surface area (Å²) in [4.78, 5) is 13.9. The largest absolute Gasteiger partial charge is 0.340 e. The minimum atomic E-state index is -4.08. The molecule has 10 heteroatoms. The zero-order valence-electron chi connectivity index (χ0n) is 15.5. The summed E-state index contributed by atoms with van der Waals surface area (Å²) in [6, 6.07) is 2.38. The predicted octanol–water partition coefficient (Wildman–Crippen LogP) is 1.98. The van der Waals surface area contributed by atoms with E-state index in [1.54, 1.807) is 4.90 Å². The molecule has 6 nitrogen and oxygen atoms in total. The van der Waals surface area contributed by atoms with Crippen LogP contribution in [0.5, 0.6) is 0 Å². The lowest BCUT2D eigenvalue weighted by molar-refractivity contribution is -0.143. The van der Waals surface area contributed by atoms with Gasteiger partial charge in [0, 0.05) is 38.8 Å². The standard InChI is InChI=1S/C17H25F2N3O3S.ClH/c1-3-17(4-2,12-20)16(23)21-7-9-22(10-8-21)26(24,25)15-6-5-13(18)11-14(15)19;/h5-6,11H,3-4,7-10,12,20H2,1-2H3;1H. The molecule has 0 bridgehead atoms. The fourth-order valence-corrected chi connectivity index (χ4v) is 4.69. The number of rotatable bonds is 6. The molecule has 1 aromatic rings. The molecule has 0 spiro atoms. The number of sulfonamides is 1. The number of carbonyl (C=O) groups is 1. The Morgan fingerprint density at radius 3 is 2.15 bits per heavy atom. The highest BCUT2D eigenvalue weighted by Gasteiger charge is 2.39. The van der Waals surface area contributed by atoms with Crippen LogP contribution >= 0.6 is 12.4 Å². The summed E-state index contributed by atoms with van der Waals surface area (Å²) < 4.78 is 53.2. The van der Waals surface area contributed by atoms with E-state index < -0.39 is 32.0 Å². The molecule has 0 saturated carbocycles. The minimum absolute atomic E-state index is 0. The van der Waals surface area contributed by atoms with Crippen molar-refractivity contribution in [2.24, 2.45) is 11.1 Å². The third-order valence-electron chi connectivity index (χ3n) is 5.24. The summed E-state index contributed by atoms with van der Waals surface area (Å²) in [7, 11) is -4.08. The molecule has 1 saturated heterocycles. The lowest BCUT2D eigenvalue weighted by atomic mass is 9.81. The predicted molar refractivity (Wildman–Crippen MR) is 101 cm³/mol. The van der Waals surface area contributed by atoms with E-state index in [9.17, 15) is 22.0 Å². The van der Waals surface area contributed by atoms with Crippen molar-refractivity contribution in [3.8, 4) is 0 Å². The van der Waals surface area contributed by atoms with Gasteiger partial charge in [0.2, 0.25) is 15.9 Å². The number of carbonyl (C=O) groups excluding carboxylic acids is 1. The average molecular weight is 426 g/mol. The van der Waals surface area contributed by atoms with Crippen molar-refractivity contribution in [3.63, 3.8) is 0 Å². The Bertz CT molecular complexity index is 756. The summed E-state index contributed by atoms with van der Waals surface area (Å²) in [6.07, 6.45) is 1.22. The van der Waals surface area contributed by atoms with Crippen LogP contribution in [0, 0.1) is 17.0 Å². The maximum atomic E-state index is 13.9. The van der Waals surface area contributed by atoms with Gasteiger partial charge >= 0.3 is 0 Å². The second-order valence-electron chi connectivity index (χ2n) is 6.46. The van der Waals surface area contributed by atoms with Crippen LogP contribution in [0.2, 0.25) is 0 Å². The van der Waals surface area contributed by atoms with Gasteiger partial charge in [0.25, 0.3) is 0 Å². The summed E-state index contributed by atoms with van der Waals surface area (Å²) in [6.45, 7) is 4.58. The number of hydrogen-bond donors (Lipinski definition) is 1. The molecular weight excluding hydrogens is 400 g/mol. The molecule has 0 radical (unpaired) electrons. The number of hydrogen-bond acceptors (Lipinski definition) is 4. The van der Waals surface area contributed by atoms with Crippen LogP contribution in [0.15, 0.2) is 23.1 Å². The van der Waals surface area contributed by atoms with Crippen molar-refractivity contribution in [1.82, 2.24) is 9.21 Å². The molecule has 2 N–H and O–H groups in total. The quantitative estimate of drug-likeness (QED) is 0.755. The zero-order chi connectivity index (χ0) is 19.5. The second kappa shape index (κ2) is 9.27. The Labute approximate surface area is 165 Å². The zero-order valence-corrected chi connectivity index (χ0v) is 17.1. The molecule has 1 amide bonds. The maximum Gasteiger partial charge on any atom is 0.246 e. The van der Waals surface area contributed by atoms with E-state index in [1.807, 2.05) is 13.8 Å². The average Bonchev–Trinajstić information content (AvgIpc) is 2.63. The van der Waals surface area contributed by atoms with Gasteiger partial charge in [-0.25, -0.2) is 17.2 Å². The monoisotopic (exact) mass is 425 g/mol. The lowest BCUT2D eigenvalue weighted by Gasteiger charge is -2.39. The Balaban J connectivity index is 0.00000364. The van der Waals surface area contributed by atoms with Gasteiger partial charge in [0.05, 0.1) is 5.41 Å². The first-order valence-corrected chi connectivity index (χ1v) is 10.1. The normalized spacial score (nSPS) is 16.1. The van der Waals surface area contributed by atoms with Crippen LogP contribution in [0.25, 0.3) is 0 Å². The molecule has 1 fully saturated rings. The summed E-state index contributed by atoms with van der Waals surface area (Å²) >= 11 is 0. The number of piperazine rings is 1. The summed E-state index contributed by atoms with van der Waals surface area (Å²) in [5.74, 6) is -2.04. The van der Waals surface area contributed by atoms with Crippen molar-refractivity contribution in [1.29, 1.82) is 0 Å². The third-order valence-corrected chi connectivity index (χ3v) is 7.17. The number of nitrogens with zero attached hydrogens (tertiary/aromatic N) is 2. The Morgan fingerprint density at radius 1 is 1.15 bits per heavy atom. The van der Waals surface area contributed by atoms with Gasteiger partial charge in [0.1, 0.15) is 16.5 Å². The van der Waals surface area contributed by atoms with Crippen LogP contribution in [0.4, 0.5) is 8.78 Å². The first-order valence-electron chi connectivity index (χ1n) is 8.66.